The molecule has 0 radical (unpaired) electrons. The van der Waals surface area contributed by atoms with E-state index in [1.807, 2.05) is 18.2 Å². The molecule has 2 atom stereocenters. The van der Waals surface area contributed by atoms with E-state index >= 15 is 0 Å². The van der Waals surface area contributed by atoms with Crippen molar-refractivity contribution in [3.8, 4) is 0 Å². The van der Waals surface area contributed by atoms with Crippen LogP contribution in [0.1, 0.15) is 24.8 Å². The molecule has 1 aliphatic heterocycles. The van der Waals surface area contributed by atoms with Gasteiger partial charge in [-0.1, -0.05) is 19.1 Å². The van der Waals surface area contributed by atoms with Crippen LogP contribution in [-0.4, -0.2) is 30.0 Å². The predicted molar refractivity (Wildman–Crippen MR) is 86.5 cm³/mol. The second-order valence-corrected chi connectivity index (χ2v) is 6.87. The average Bonchev–Trinajstić information content (AvgIpc) is 2.89. The van der Waals surface area contributed by atoms with Crippen molar-refractivity contribution in [1.82, 2.24) is 15.6 Å². The number of rotatable bonds is 4. The maximum Gasteiger partial charge on any atom is 0.237 e. The first-order chi connectivity index (χ1) is 10.2. The van der Waals surface area contributed by atoms with Gasteiger partial charge in [-0.05, 0) is 37.4 Å². The first-order valence-electron chi connectivity index (χ1n) is 7.58. The molecule has 1 aliphatic rings. The standard InChI is InChI=1S/C16H21N3OS/c1-11-6-8-17-13(10-11)16(20)18-9-7-15-19-12-4-2-3-5-14(12)21-15/h2-5,11,13,17H,6-10H2,1H3,(H,18,20). The SMILES string of the molecule is CC1CCNC(C(=O)NCCc2nc3ccccc3s2)C1. The molecule has 3 rings (SSSR count). The molecular formula is C16H21N3OS. The molecule has 5 heteroatoms. The number of nitrogens with zero attached hydrogens (tertiary/aromatic N) is 1. The minimum Gasteiger partial charge on any atom is -0.354 e. The third-order valence-corrected chi connectivity index (χ3v) is 5.05. The second kappa shape index (κ2) is 6.54. The molecule has 0 spiro atoms. The summed E-state index contributed by atoms with van der Waals surface area (Å²) in [5.41, 5.74) is 1.05. The van der Waals surface area contributed by atoms with Gasteiger partial charge < -0.3 is 10.6 Å². The zero-order chi connectivity index (χ0) is 14.7. The minimum absolute atomic E-state index is 0.0240. The van der Waals surface area contributed by atoms with Crippen LogP contribution >= 0.6 is 11.3 Å². The summed E-state index contributed by atoms with van der Waals surface area (Å²) in [6.07, 6.45) is 2.90. The van der Waals surface area contributed by atoms with E-state index in [0.717, 1.165) is 36.3 Å². The molecule has 1 saturated heterocycles. The van der Waals surface area contributed by atoms with Gasteiger partial charge >= 0.3 is 0 Å². The van der Waals surface area contributed by atoms with E-state index in [4.69, 9.17) is 0 Å². The van der Waals surface area contributed by atoms with Gasteiger partial charge in [-0.3, -0.25) is 4.79 Å². The van der Waals surface area contributed by atoms with Crippen LogP contribution in [0, 0.1) is 5.92 Å². The molecule has 0 saturated carbocycles. The van der Waals surface area contributed by atoms with Crippen LogP contribution in [-0.2, 0) is 11.2 Å². The first kappa shape index (κ1) is 14.5. The Morgan fingerprint density at radius 1 is 1.48 bits per heavy atom. The normalized spacial score (nSPS) is 22.3. The molecule has 21 heavy (non-hydrogen) atoms. The maximum absolute atomic E-state index is 12.1. The lowest BCUT2D eigenvalue weighted by Gasteiger charge is -2.27. The van der Waals surface area contributed by atoms with Crippen molar-refractivity contribution in [3.63, 3.8) is 0 Å². The zero-order valence-electron chi connectivity index (χ0n) is 12.3. The van der Waals surface area contributed by atoms with Crippen molar-refractivity contribution in [2.45, 2.75) is 32.2 Å². The number of para-hydroxylation sites is 1. The minimum atomic E-state index is -0.0240. The van der Waals surface area contributed by atoms with E-state index in [0.29, 0.717) is 12.5 Å². The molecule has 2 aromatic rings. The van der Waals surface area contributed by atoms with Crippen molar-refractivity contribution < 1.29 is 4.79 Å². The van der Waals surface area contributed by atoms with Crippen LogP contribution in [0.3, 0.4) is 0 Å². The van der Waals surface area contributed by atoms with Crippen molar-refractivity contribution >= 4 is 27.5 Å². The van der Waals surface area contributed by atoms with Gasteiger partial charge in [0.05, 0.1) is 21.3 Å². The molecule has 1 amide bonds. The molecule has 1 aromatic heterocycles. The van der Waals surface area contributed by atoms with Crippen LogP contribution in [0.25, 0.3) is 10.2 Å². The number of benzene rings is 1. The van der Waals surface area contributed by atoms with E-state index < -0.39 is 0 Å². The summed E-state index contributed by atoms with van der Waals surface area (Å²) >= 11 is 1.71. The fraction of sp³-hybridized carbons (Fsp3) is 0.500. The third-order valence-electron chi connectivity index (χ3n) is 3.96. The second-order valence-electron chi connectivity index (χ2n) is 5.75. The molecule has 1 fully saturated rings. The van der Waals surface area contributed by atoms with Crippen molar-refractivity contribution in [2.24, 2.45) is 5.92 Å². The summed E-state index contributed by atoms with van der Waals surface area (Å²) < 4.78 is 1.21. The van der Waals surface area contributed by atoms with Crippen LogP contribution in [0.5, 0.6) is 0 Å². The number of nitrogens with one attached hydrogen (secondary N) is 2. The Balaban J connectivity index is 1.50. The third kappa shape index (κ3) is 3.60. The smallest absolute Gasteiger partial charge is 0.237 e. The number of hydrogen-bond donors (Lipinski definition) is 2. The van der Waals surface area contributed by atoms with Gasteiger partial charge in [-0.15, -0.1) is 11.3 Å². The van der Waals surface area contributed by atoms with Crippen LogP contribution in [0.2, 0.25) is 0 Å². The van der Waals surface area contributed by atoms with Gasteiger partial charge in [0.25, 0.3) is 0 Å². The van der Waals surface area contributed by atoms with Gasteiger partial charge in [-0.2, -0.15) is 0 Å². The van der Waals surface area contributed by atoms with Crippen LogP contribution in [0.4, 0.5) is 0 Å². The Morgan fingerprint density at radius 3 is 3.14 bits per heavy atom. The summed E-state index contributed by atoms with van der Waals surface area (Å²) in [7, 11) is 0. The number of thiazole rings is 1. The quantitative estimate of drug-likeness (QED) is 0.911. The highest BCUT2D eigenvalue weighted by Crippen LogP contribution is 2.21. The highest BCUT2D eigenvalue weighted by molar-refractivity contribution is 7.18. The zero-order valence-corrected chi connectivity index (χ0v) is 13.1. The topological polar surface area (TPSA) is 54.0 Å². The Kier molecular flexibility index (Phi) is 4.51. The lowest BCUT2D eigenvalue weighted by molar-refractivity contribution is -0.123. The fourth-order valence-electron chi connectivity index (χ4n) is 2.75. The first-order valence-corrected chi connectivity index (χ1v) is 8.39. The van der Waals surface area contributed by atoms with E-state index in [1.165, 1.54) is 4.70 Å². The fourth-order valence-corrected chi connectivity index (χ4v) is 3.72. The van der Waals surface area contributed by atoms with E-state index in [9.17, 15) is 4.79 Å². The summed E-state index contributed by atoms with van der Waals surface area (Å²) in [5.74, 6) is 0.758. The lowest BCUT2D eigenvalue weighted by atomic mass is 9.94. The number of carbonyl (C=O) groups is 1. The molecule has 2 N–H and O–H groups in total. The van der Waals surface area contributed by atoms with Crippen LogP contribution in [0.15, 0.2) is 24.3 Å². The van der Waals surface area contributed by atoms with Gasteiger partial charge in [0.1, 0.15) is 0 Å². The maximum atomic E-state index is 12.1. The number of hydrogen-bond acceptors (Lipinski definition) is 4. The Hall–Kier alpha value is -1.46. The van der Waals surface area contributed by atoms with Gasteiger partial charge in [0, 0.05) is 13.0 Å². The highest BCUT2D eigenvalue weighted by atomic mass is 32.1. The Labute approximate surface area is 129 Å². The molecule has 2 heterocycles. The van der Waals surface area contributed by atoms with E-state index in [1.54, 1.807) is 11.3 Å². The monoisotopic (exact) mass is 303 g/mol. The Bertz CT molecular complexity index is 592. The van der Waals surface area contributed by atoms with Gasteiger partial charge in [0.2, 0.25) is 5.91 Å². The van der Waals surface area contributed by atoms with E-state index in [-0.39, 0.29) is 11.9 Å². The van der Waals surface area contributed by atoms with Crippen molar-refractivity contribution in [2.75, 3.05) is 13.1 Å². The van der Waals surface area contributed by atoms with Gasteiger partial charge in [0.15, 0.2) is 0 Å². The number of amides is 1. The molecule has 2 unspecified atom stereocenters. The van der Waals surface area contributed by atoms with E-state index in [2.05, 4.69) is 28.6 Å². The molecule has 1 aromatic carbocycles. The number of piperidine rings is 1. The molecule has 112 valence electrons. The summed E-state index contributed by atoms with van der Waals surface area (Å²) in [4.78, 5) is 16.7. The van der Waals surface area contributed by atoms with Gasteiger partial charge in [-0.25, -0.2) is 4.98 Å². The summed E-state index contributed by atoms with van der Waals surface area (Å²) in [6, 6.07) is 8.12. The molecule has 0 aliphatic carbocycles. The summed E-state index contributed by atoms with van der Waals surface area (Å²) in [5, 5.41) is 7.41. The van der Waals surface area contributed by atoms with Crippen molar-refractivity contribution in [3.05, 3.63) is 29.3 Å². The largest absolute Gasteiger partial charge is 0.354 e. The number of fused-ring (bicyclic) bond motifs is 1. The molecule has 0 bridgehead atoms. The number of aromatic nitrogens is 1. The number of carbonyl (C=O) groups excluding carboxylic acids is 1. The highest BCUT2D eigenvalue weighted by Gasteiger charge is 2.23. The predicted octanol–water partition coefficient (Wildman–Crippen LogP) is 2.34. The van der Waals surface area contributed by atoms with Crippen molar-refractivity contribution in [1.29, 1.82) is 0 Å². The summed E-state index contributed by atoms with van der Waals surface area (Å²) in [6.45, 7) is 3.81. The van der Waals surface area contributed by atoms with Crippen LogP contribution < -0.4 is 10.6 Å². The molecule has 4 nitrogen and oxygen atoms in total. The lowest BCUT2D eigenvalue weighted by Crippen LogP contribution is -2.48. The average molecular weight is 303 g/mol. The molecular weight excluding hydrogens is 282 g/mol. The Morgan fingerprint density at radius 2 is 2.33 bits per heavy atom.